The van der Waals surface area contributed by atoms with Gasteiger partial charge < -0.3 is 10.1 Å². The molecule has 1 fully saturated rings. The molecule has 29 heavy (non-hydrogen) atoms. The van der Waals surface area contributed by atoms with E-state index in [2.05, 4.69) is 25.2 Å². The quantitative estimate of drug-likeness (QED) is 0.672. The average molecular weight is 410 g/mol. The first-order valence-corrected chi connectivity index (χ1v) is 10.5. The maximum atomic E-state index is 12.4. The summed E-state index contributed by atoms with van der Waals surface area (Å²) in [5.41, 5.74) is 2.85. The monoisotopic (exact) mass is 409 g/mol. The molecule has 4 rings (SSSR count). The molecule has 1 atom stereocenters. The summed E-state index contributed by atoms with van der Waals surface area (Å²) in [5.74, 6) is 0.988. The number of carbonyl (C=O) groups excluding carboxylic acids is 1. The molecular formula is C21H23N5O2S. The molecule has 1 aliphatic rings. The van der Waals surface area contributed by atoms with E-state index >= 15 is 0 Å². The summed E-state index contributed by atoms with van der Waals surface area (Å²) in [7, 11) is 1.66. The Morgan fingerprint density at radius 3 is 3.00 bits per heavy atom. The smallest absolute Gasteiger partial charge is 0.240 e. The van der Waals surface area contributed by atoms with E-state index in [9.17, 15) is 4.79 Å². The number of piperidine rings is 1. The molecular weight excluding hydrogens is 386 g/mol. The van der Waals surface area contributed by atoms with Crippen LogP contribution in [0.2, 0.25) is 0 Å². The highest BCUT2D eigenvalue weighted by Gasteiger charge is 2.26. The van der Waals surface area contributed by atoms with Crippen LogP contribution in [-0.2, 0) is 4.79 Å². The molecule has 8 heteroatoms. The minimum absolute atomic E-state index is 0.0345. The number of nitrogens with zero attached hydrogens (tertiary/aromatic N) is 4. The lowest BCUT2D eigenvalue weighted by Gasteiger charge is -2.32. The predicted molar refractivity (Wildman–Crippen MR) is 113 cm³/mol. The van der Waals surface area contributed by atoms with Gasteiger partial charge in [-0.05, 0) is 31.5 Å². The molecule has 1 N–H and O–H groups in total. The van der Waals surface area contributed by atoms with Crippen LogP contribution < -0.4 is 10.1 Å². The summed E-state index contributed by atoms with van der Waals surface area (Å²) in [6.45, 7) is 2.03. The lowest BCUT2D eigenvalue weighted by Crippen LogP contribution is -2.40. The minimum Gasteiger partial charge on any atom is -0.497 e. The number of hydrogen-bond donors (Lipinski definition) is 1. The zero-order valence-corrected chi connectivity index (χ0v) is 17.1. The molecule has 0 aliphatic carbocycles. The molecule has 1 aromatic carbocycles. The highest BCUT2D eigenvalue weighted by atomic mass is 32.1. The van der Waals surface area contributed by atoms with E-state index in [1.54, 1.807) is 25.7 Å². The van der Waals surface area contributed by atoms with Gasteiger partial charge in [-0.2, -0.15) is 0 Å². The Kier molecular flexibility index (Phi) is 6.12. The van der Waals surface area contributed by atoms with Crippen molar-refractivity contribution in [1.29, 1.82) is 0 Å². The third kappa shape index (κ3) is 4.78. The van der Waals surface area contributed by atoms with Gasteiger partial charge in [0.05, 0.1) is 25.0 Å². The number of nitrogens with one attached hydrogen (secondary N) is 1. The molecule has 3 heterocycles. The van der Waals surface area contributed by atoms with Crippen molar-refractivity contribution < 1.29 is 9.53 Å². The lowest BCUT2D eigenvalue weighted by atomic mass is 9.91. The van der Waals surface area contributed by atoms with Crippen molar-refractivity contribution in [1.82, 2.24) is 19.9 Å². The first-order valence-electron chi connectivity index (χ1n) is 9.60. The van der Waals surface area contributed by atoms with E-state index in [0.29, 0.717) is 11.7 Å². The van der Waals surface area contributed by atoms with Crippen molar-refractivity contribution >= 4 is 22.4 Å². The van der Waals surface area contributed by atoms with Crippen LogP contribution in [0, 0.1) is 0 Å². The Bertz CT molecular complexity index is 963. The third-order valence-electron chi connectivity index (χ3n) is 5.01. The van der Waals surface area contributed by atoms with Crippen molar-refractivity contribution in [3.05, 3.63) is 53.9 Å². The van der Waals surface area contributed by atoms with Gasteiger partial charge in [0.1, 0.15) is 5.75 Å². The second kappa shape index (κ2) is 9.11. The normalized spacial score (nSPS) is 17.1. The summed E-state index contributed by atoms with van der Waals surface area (Å²) in [4.78, 5) is 27.9. The molecule has 0 radical (unpaired) electrons. The molecule has 150 valence electrons. The Morgan fingerprint density at radius 1 is 1.28 bits per heavy atom. The van der Waals surface area contributed by atoms with Crippen molar-refractivity contribution in [2.24, 2.45) is 0 Å². The molecule has 2 aromatic heterocycles. The summed E-state index contributed by atoms with van der Waals surface area (Å²) in [5, 5.41) is 5.34. The highest BCUT2D eigenvalue weighted by molar-refractivity contribution is 7.13. The Labute approximate surface area is 173 Å². The number of thiazole rings is 1. The molecule has 3 aromatic rings. The van der Waals surface area contributed by atoms with Crippen molar-refractivity contribution in [2.75, 3.05) is 32.1 Å². The topological polar surface area (TPSA) is 80.2 Å². The molecule has 0 saturated carbocycles. The first-order chi connectivity index (χ1) is 14.2. The van der Waals surface area contributed by atoms with Crippen LogP contribution in [0.1, 0.15) is 24.5 Å². The number of amides is 1. The predicted octanol–water partition coefficient (Wildman–Crippen LogP) is 3.43. The Balaban J connectivity index is 1.49. The largest absolute Gasteiger partial charge is 0.497 e. The lowest BCUT2D eigenvalue weighted by molar-refractivity contribution is -0.117. The fourth-order valence-electron chi connectivity index (χ4n) is 3.71. The van der Waals surface area contributed by atoms with Crippen LogP contribution in [0.15, 0.2) is 48.2 Å². The van der Waals surface area contributed by atoms with Crippen molar-refractivity contribution in [3.63, 3.8) is 0 Å². The van der Waals surface area contributed by atoms with Crippen molar-refractivity contribution in [3.8, 4) is 17.0 Å². The standard InChI is InChI=1S/C21H23N5O2S/c1-28-17-6-2-4-15(12-17)19-20(23-8-7-22-19)16-5-3-10-26(13-16)14-18(27)25-21-24-9-11-29-21/h2,4,6-9,11-12,16H,3,5,10,13-14H2,1H3,(H,24,25,27)/t16-/m1/s1. The van der Waals surface area contributed by atoms with E-state index in [-0.39, 0.29) is 11.8 Å². The molecule has 7 nitrogen and oxygen atoms in total. The van der Waals surface area contributed by atoms with Crippen LogP contribution in [0.3, 0.4) is 0 Å². The van der Waals surface area contributed by atoms with Crippen molar-refractivity contribution in [2.45, 2.75) is 18.8 Å². The number of methoxy groups -OCH3 is 1. The molecule has 1 amide bonds. The number of anilines is 1. The minimum atomic E-state index is -0.0345. The van der Waals surface area contributed by atoms with Gasteiger partial charge in [0.2, 0.25) is 5.91 Å². The molecule has 1 aliphatic heterocycles. The summed E-state index contributed by atoms with van der Waals surface area (Å²) < 4.78 is 5.36. The van der Waals surface area contributed by atoms with Gasteiger partial charge in [-0.1, -0.05) is 12.1 Å². The second-order valence-electron chi connectivity index (χ2n) is 6.98. The zero-order chi connectivity index (χ0) is 20.1. The number of likely N-dealkylation sites (tertiary alicyclic amines) is 1. The average Bonchev–Trinajstić information content (AvgIpc) is 3.27. The van der Waals surface area contributed by atoms with Crippen LogP contribution in [0.4, 0.5) is 5.13 Å². The highest BCUT2D eigenvalue weighted by Crippen LogP contribution is 2.32. The van der Waals surface area contributed by atoms with E-state index in [1.807, 2.05) is 29.6 Å². The SMILES string of the molecule is COc1cccc(-c2nccnc2[C@@H]2CCCN(CC(=O)Nc3nccs3)C2)c1. The number of benzene rings is 1. The van der Waals surface area contributed by atoms with Crippen LogP contribution >= 0.6 is 11.3 Å². The third-order valence-corrected chi connectivity index (χ3v) is 5.70. The molecule has 0 spiro atoms. The van der Waals surface area contributed by atoms with E-state index in [4.69, 9.17) is 4.74 Å². The number of aromatic nitrogens is 3. The number of rotatable bonds is 6. The summed E-state index contributed by atoms with van der Waals surface area (Å²) in [6, 6.07) is 7.89. The summed E-state index contributed by atoms with van der Waals surface area (Å²) >= 11 is 1.42. The number of ether oxygens (including phenoxy) is 1. The fraction of sp³-hybridized carbons (Fsp3) is 0.333. The van der Waals surface area contributed by atoms with Crippen LogP contribution in [-0.4, -0.2) is 52.5 Å². The van der Waals surface area contributed by atoms with Gasteiger partial charge in [0.25, 0.3) is 0 Å². The van der Waals surface area contributed by atoms with Crippen LogP contribution in [0.5, 0.6) is 5.75 Å². The molecule has 0 bridgehead atoms. The van der Waals surface area contributed by atoms with E-state index in [0.717, 1.165) is 48.6 Å². The van der Waals surface area contributed by atoms with Gasteiger partial charge in [-0.3, -0.25) is 19.7 Å². The van der Waals surface area contributed by atoms with Gasteiger partial charge in [0, 0.05) is 42.0 Å². The second-order valence-corrected chi connectivity index (χ2v) is 7.88. The Morgan fingerprint density at radius 2 is 2.17 bits per heavy atom. The van der Waals surface area contributed by atoms with Crippen LogP contribution in [0.25, 0.3) is 11.3 Å². The zero-order valence-electron chi connectivity index (χ0n) is 16.2. The molecule has 0 unspecified atom stereocenters. The van der Waals surface area contributed by atoms with E-state index in [1.165, 1.54) is 11.3 Å². The summed E-state index contributed by atoms with van der Waals surface area (Å²) in [6.07, 6.45) is 7.20. The maximum absolute atomic E-state index is 12.4. The Hall–Kier alpha value is -2.84. The number of hydrogen-bond acceptors (Lipinski definition) is 7. The number of carbonyl (C=O) groups is 1. The fourth-order valence-corrected chi connectivity index (χ4v) is 4.25. The molecule has 1 saturated heterocycles. The van der Waals surface area contributed by atoms with Gasteiger partial charge in [0.15, 0.2) is 5.13 Å². The van der Waals surface area contributed by atoms with Gasteiger partial charge >= 0.3 is 0 Å². The van der Waals surface area contributed by atoms with Gasteiger partial charge in [-0.25, -0.2) is 4.98 Å². The van der Waals surface area contributed by atoms with Gasteiger partial charge in [-0.15, -0.1) is 11.3 Å². The maximum Gasteiger partial charge on any atom is 0.240 e. The van der Waals surface area contributed by atoms with E-state index < -0.39 is 0 Å². The first kappa shape index (κ1) is 19.5.